The summed E-state index contributed by atoms with van der Waals surface area (Å²) in [6.07, 6.45) is 3.29. The van der Waals surface area contributed by atoms with Gasteiger partial charge in [0.2, 0.25) is 0 Å². The van der Waals surface area contributed by atoms with E-state index in [9.17, 15) is 8.42 Å². The molecule has 1 fully saturated rings. The molecule has 1 N–H and O–H groups in total. The molecule has 3 nitrogen and oxygen atoms in total. The number of hydrogen-bond acceptors (Lipinski definition) is 4. The maximum atomic E-state index is 11.1. The van der Waals surface area contributed by atoms with Gasteiger partial charge in [-0.2, -0.15) is 11.8 Å². The summed E-state index contributed by atoms with van der Waals surface area (Å²) in [5.74, 6) is 2.74. The first-order valence-electron chi connectivity index (χ1n) is 5.77. The van der Waals surface area contributed by atoms with Gasteiger partial charge in [-0.1, -0.05) is 13.8 Å². The zero-order valence-corrected chi connectivity index (χ0v) is 12.1. The molecule has 0 bridgehead atoms. The van der Waals surface area contributed by atoms with E-state index in [0.717, 1.165) is 13.0 Å². The molecular weight excluding hydrogens is 242 g/mol. The Kier molecular flexibility index (Phi) is 5.13. The van der Waals surface area contributed by atoms with Gasteiger partial charge in [0.05, 0.1) is 5.75 Å². The van der Waals surface area contributed by atoms with Crippen LogP contribution in [0.2, 0.25) is 0 Å². The molecule has 1 atom stereocenters. The summed E-state index contributed by atoms with van der Waals surface area (Å²) in [5, 5.41) is 3.54. The Balaban J connectivity index is 2.27. The van der Waals surface area contributed by atoms with E-state index in [1.54, 1.807) is 0 Å². The molecule has 1 aliphatic heterocycles. The predicted octanol–water partition coefficient (Wildman–Crippen LogP) is 1.54. The number of nitrogens with one attached hydrogen (secondary N) is 1. The van der Waals surface area contributed by atoms with Crippen LogP contribution >= 0.6 is 11.8 Å². The van der Waals surface area contributed by atoms with Crippen molar-refractivity contribution in [3.05, 3.63) is 0 Å². The van der Waals surface area contributed by atoms with Crippen LogP contribution in [0, 0.1) is 5.41 Å². The molecule has 0 aromatic rings. The van der Waals surface area contributed by atoms with Crippen LogP contribution in [0.15, 0.2) is 0 Å². The second-order valence-electron chi connectivity index (χ2n) is 5.49. The van der Waals surface area contributed by atoms with E-state index in [1.165, 1.54) is 24.2 Å². The van der Waals surface area contributed by atoms with Gasteiger partial charge in [0, 0.05) is 24.6 Å². The quantitative estimate of drug-likeness (QED) is 0.791. The molecule has 0 saturated carbocycles. The van der Waals surface area contributed by atoms with Gasteiger partial charge in [-0.3, -0.25) is 0 Å². The Morgan fingerprint density at radius 1 is 1.44 bits per heavy atom. The third-order valence-corrected chi connectivity index (χ3v) is 5.06. The summed E-state index contributed by atoms with van der Waals surface area (Å²) >= 11 is 1.99. The molecular formula is C11H23NO2S2. The lowest BCUT2D eigenvalue weighted by molar-refractivity contribution is 0.314. The molecule has 1 saturated heterocycles. The Morgan fingerprint density at radius 2 is 2.12 bits per heavy atom. The SMILES string of the molecule is CC(C)(CCS(C)(=O)=O)CNC1CCSC1. The molecule has 0 aromatic carbocycles. The van der Waals surface area contributed by atoms with E-state index in [1.807, 2.05) is 11.8 Å². The van der Waals surface area contributed by atoms with Crippen molar-refractivity contribution in [1.29, 1.82) is 0 Å². The maximum Gasteiger partial charge on any atom is 0.147 e. The van der Waals surface area contributed by atoms with Crippen LogP contribution in [0.1, 0.15) is 26.7 Å². The lowest BCUT2D eigenvalue weighted by Crippen LogP contribution is -2.37. The summed E-state index contributed by atoms with van der Waals surface area (Å²) in [5.41, 5.74) is 0.0658. The van der Waals surface area contributed by atoms with Crippen LogP contribution in [0.3, 0.4) is 0 Å². The van der Waals surface area contributed by atoms with Crippen molar-refractivity contribution >= 4 is 21.6 Å². The molecule has 0 aliphatic carbocycles. The Hall–Kier alpha value is 0.260. The zero-order valence-electron chi connectivity index (χ0n) is 10.5. The van der Waals surface area contributed by atoms with Gasteiger partial charge in [0.1, 0.15) is 9.84 Å². The summed E-state index contributed by atoms with van der Waals surface area (Å²) in [4.78, 5) is 0. The van der Waals surface area contributed by atoms with Gasteiger partial charge >= 0.3 is 0 Å². The minimum Gasteiger partial charge on any atom is -0.313 e. The van der Waals surface area contributed by atoms with E-state index < -0.39 is 9.84 Å². The fourth-order valence-corrected chi connectivity index (χ4v) is 3.78. The lowest BCUT2D eigenvalue weighted by Gasteiger charge is -2.26. The molecule has 1 unspecified atom stereocenters. The molecule has 1 heterocycles. The van der Waals surface area contributed by atoms with Crippen LogP contribution in [-0.4, -0.2) is 44.5 Å². The molecule has 96 valence electrons. The highest BCUT2D eigenvalue weighted by atomic mass is 32.2. The average Bonchev–Trinajstić information content (AvgIpc) is 2.64. The summed E-state index contributed by atoms with van der Waals surface area (Å²) < 4.78 is 22.2. The minimum atomic E-state index is -2.83. The van der Waals surface area contributed by atoms with E-state index >= 15 is 0 Å². The highest BCUT2D eigenvalue weighted by molar-refractivity contribution is 7.99. The molecule has 0 aromatic heterocycles. The molecule has 0 radical (unpaired) electrons. The number of rotatable bonds is 6. The monoisotopic (exact) mass is 265 g/mol. The molecule has 0 spiro atoms. The van der Waals surface area contributed by atoms with Crippen molar-refractivity contribution in [3.8, 4) is 0 Å². The van der Waals surface area contributed by atoms with Crippen molar-refractivity contribution in [3.63, 3.8) is 0 Å². The Labute approximate surface area is 104 Å². The van der Waals surface area contributed by atoms with Gasteiger partial charge in [-0.15, -0.1) is 0 Å². The first-order chi connectivity index (χ1) is 7.29. The van der Waals surface area contributed by atoms with Gasteiger partial charge in [0.15, 0.2) is 0 Å². The van der Waals surface area contributed by atoms with Crippen LogP contribution in [-0.2, 0) is 9.84 Å². The van der Waals surface area contributed by atoms with Crippen LogP contribution in [0.4, 0.5) is 0 Å². The number of sulfone groups is 1. The Bertz CT molecular complexity index is 306. The van der Waals surface area contributed by atoms with Gasteiger partial charge in [-0.25, -0.2) is 8.42 Å². The van der Waals surface area contributed by atoms with Crippen molar-refractivity contribution < 1.29 is 8.42 Å². The number of hydrogen-bond donors (Lipinski definition) is 1. The van der Waals surface area contributed by atoms with E-state index in [0.29, 0.717) is 11.8 Å². The highest BCUT2D eigenvalue weighted by Gasteiger charge is 2.22. The van der Waals surface area contributed by atoms with Gasteiger partial charge in [0.25, 0.3) is 0 Å². The summed E-state index contributed by atoms with van der Waals surface area (Å²) in [7, 11) is -2.83. The van der Waals surface area contributed by atoms with Crippen LogP contribution < -0.4 is 5.32 Å². The van der Waals surface area contributed by atoms with Crippen molar-refractivity contribution in [2.24, 2.45) is 5.41 Å². The Morgan fingerprint density at radius 3 is 2.62 bits per heavy atom. The second-order valence-corrected chi connectivity index (χ2v) is 8.90. The third kappa shape index (κ3) is 6.11. The van der Waals surface area contributed by atoms with Crippen molar-refractivity contribution in [2.45, 2.75) is 32.7 Å². The minimum absolute atomic E-state index is 0.0658. The molecule has 0 amide bonds. The topological polar surface area (TPSA) is 46.2 Å². The maximum absolute atomic E-state index is 11.1. The fourth-order valence-electron chi connectivity index (χ4n) is 1.67. The first-order valence-corrected chi connectivity index (χ1v) is 8.99. The van der Waals surface area contributed by atoms with Crippen LogP contribution in [0.25, 0.3) is 0 Å². The normalized spacial score (nSPS) is 22.6. The third-order valence-electron chi connectivity index (χ3n) is 2.95. The smallest absolute Gasteiger partial charge is 0.147 e. The average molecular weight is 265 g/mol. The standard InChI is InChI=1S/C11H23NO2S2/c1-11(2,5-7-16(3,13)14)9-12-10-4-6-15-8-10/h10,12H,4-9H2,1-3H3. The summed E-state index contributed by atoms with van der Waals surface area (Å²) in [6, 6.07) is 0.627. The van der Waals surface area contributed by atoms with Gasteiger partial charge in [-0.05, 0) is 24.0 Å². The molecule has 1 aliphatic rings. The van der Waals surface area contributed by atoms with Crippen molar-refractivity contribution in [2.75, 3.05) is 30.1 Å². The zero-order chi connectivity index (χ0) is 12.2. The van der Waals surface area contributed by atoms with E-state index in [2.05, 4.69) is 19.2 Å². The highest BCUT2D eigenvalue weighted by Crippen LogP contribution is 2.22. The van der Waals surface area contributed by atoms with Gasteiger partial charge < -0.3 is 5.32 Å². The molecule has 16 heavy (non-hydrogen) atoms. The van der Waals surface area contributed by atoms with Crippen molar-refractivity contribution in [1.82, 2.24) is 5.32 Å². The second kappa shape index (κ2) is 5.74. The van der Waals surface area contributed by atoms with E-state index in [4.69, 9.17) is 0 Å². The first kappa shape index (κ1) is 14.3. The molecule has 1 rings (SSSR count). The summed E-state index contributed by atoms with van der Waals surface area (Å²) in [6.45, 7) is 5.17. The van der Waals surface area contributed by atoms with Crippen LogP contribution in [0.5, 0.6) is 0 Å². The molecule has 5 heteroatoms. The largest absolute Gasteiger partial charge is 0.313 e. The predicted molar refractivity (Wildman–Crippen MR) is 71.8 cm³/mol. The fraction of sp³-hybridized carbons (Fsp3) is 1.00. The number of thioether (sulfide) groups is 1. The van der Waals surface area contributed by atoms with E-state index in [-0.39, 0.29) is 5.41 Å². The lowest BCUT2D eigenvalue weighted by atomic mass is 9.90.